The van der Waals surface area contributed by atoms with Gasteiger partial charge in [0.25, 0.3) is 0 Å². The van der Waals surface area contributed by atoms with Gasteiger partial charge in [-0.1, -0.05) is 0 Å². The lowest BCUT2D eigenvalue weighted by molar-refractivity contribution is -0.753. The van der Waals surface area contributed by atoms with Crippen molar-refractivity contribution < 1.29 is 19.7 Å². The molecule has 0 aliphatic heterocycles. The Morgan fingerprint density at radius 1 is 0.600 bits per heavy atom. The summed E-state index contributed by atoms with van der Waals surface area (Å²) < 4.78 is 0. The quantitative estimate of drug-likeness (QED) is 0.419. The molecule has 0 spiro atoms. The van der Waals surface area contributed by atoms with E-state index in [1.165, 1.54) is 0 Å². The SMILES string of the molecule is O=[N+]([O-])C(c1ccc(C([N+](=O)[O-])[N+](=O)[O-])cc1)[N+](=O)[O-]. The molecule has 0 saturated carbocycles. The van der Waals surface area contributed by atoms with Crippen LogP contribution in [-0.2, 0) is 0 Å². The Balaban J connectivity index is 3.16. The van der Waals surface area contributed by atoms with Crippen molar-refractivity contribution in [3.63, 3.8) is 0 Å². The van der Waals surface area contributed by atoms with Gasteiger partial charge in [-0.25, -0.2) is 0 Å². The maximum Gasteiger partial charge on any atom is 0.476 e. The smallest absolute Gasteiger partial charge is 0.258 e. The Morgan fingerprint density at radius 3 is 0.950 bits per heavy atom. The van der Waals surface area contributed by atoms with Crippen molar-refractivity contribution in [3.05, 3.63) is 75.8 Å². The molecule has 12 nitrogen and oxygen atoms in total. The molecule has 0 N–H and O–H groups in total. The number of nitrogens with zero attached hydrogens (tertiary/aromatic N) is 4. The van der Waals surface area contributed by atoms with E-state index in [0.717, 1.165) is 24.3 Å². The van der Waals surface area contributed by atoms with Crippen molar-refractivity contribution >= 4 is 0 Å². The summed E-state index contributed by atoms with van der Waals surface area (Å²) in [6, 6.07) is 3.52. The van der Waals surface area contributed by atoms with E-state index >= 15 is 0 Å². The predicted molar refractivity (Wildman–Crippen MR) is 59.9 cm³/mol. The monoisotopic (exact) mass is 286 g/mol. The van der Waals surface area contributed by atoms with E-state index in [0.29, 0.717) is 0 Å². The second-order valence-electron chi connectivity index (χ2n) is 3.56. The van der Waals surface area contributed by atoms with Crippen LogP contribution in [0.25, 0.3) is 0 Å². The Labute approximate surface area is 109 Å². The van der Waals surface area contributed by atoms with Gasteiger partial charge in [0.05, 0.1) is 0 Å². The van der Waals surface area contributed by atoms with Crippen LogP contribution >= 0.6 is 0 Å². The van der Waals surface area contributed by atoms with Crippen molar-refractivity contribution in [1.29, 1.82) is 0 Å². The molecule has 0 aliphatic carbocycles. The zero-order valence-electron chi connectivity index (χ0n) is 9.52. The Hall–Kier alpha value is -3.18. The summed E-state index contributed by atoms with van der Waals surface area (Å²) in [5.41, 5.74) is -0.677. The first kappa shape index (κ1) is 14.9. The van der Waals surface area contributed by atoms with Crippen molar-refractivity contribution in [1.82, 2.24) is 0 Å². The second kappa shape index (κ2) is 5.64. The van der Waals surface area contributed by atoms with Crippen molar-refractivity contribution in [2.75, 3.05) is 0 Å². The number of hydrogen-bond acceptors (Lipinski definition) is 8. The third-order valence-corrected chi connectivity index (χ3v) is 2.33. The van der Waals surface area contributed by atoms with E-state index in [1.54, 1.807) is 0 Å². The molecule has 0 bridgehead atoms. The van der Waals surface area contributed by atoms with E-state index in [9.17, 15) is 40.5 Å². The maximum atomic E-state index is 10.5. The third-order valence-electron chi connectivity index (χ3n) is 2.33. The standard InChI is InChI=1S/C8H6N4O8/c13-9(14)7(10(15)16)5-1-2-6(4-3-5)8(11(17)18)12(19)20/h1-4,7-8H. The zero-order valence-corrected chi connectivity index (χ0v) is 9.52. The molecule has 20 heavy (non-hydrogen) atoms. The van der Waals surface area contributed by atoms with Gasteiger partial charge < -0.3 is 0 Å². The minimum absolute atomic E-state index is 0.339. The van der Waals surface area contributed by atoms with Crippen LogP contribution < -0.4 is 0 Å². The molecule has 0 heterocycles. The maximum absolute atomic E-state index is 10.5. The first-order chi connectivity index (χ1) is 9.25. The Morgan fingerprint density at radius 2 is 0.800 bits per heavy atom. The van der Waals surface area contributed by atoms with E-state index in [2.05, 4.69) is 0 Å². The van der Waals surface area contributed by atoms with Crippen LogP contribution in [0.15, 0.2) is 24.3 Å². The molecule has 0 aliphatic rings. The molecular weight excluding hydrogens is 280 g/mol. The van der Waals surface area contributed by atoms with Crippen LogP contribution in [0.2, 0.25) is 0 Å². The average Bonchev–Trinajstić information content (AvgIpc) is 2.29. The van der Waals surface area contributed by atoms with E-state index < -0.39 is 32.0 Å². The number of nitro groups is 4. The van der Waals surface area contributed by atoms with Crippen LogP contribution in [0.5, 0.6) is 0 Å². The van der Waals surface area contributed by atoms with Crippen LogP contribution in [0, 0.1) is 40.5 Å². The van der Waals surface area contributed by atoms with Crippen LogP contribution in [0.3, 0.4) is 0 Å². The van der Waals surface area contributed by atoms with Gasteiger partial charge in [0.1, 0.15) is 30.8 Å². The summed E-state index contributed by atoms with van der Waals surface area (Å²) in [7, 11) is 0. The first-order valence-corrected chi connectivity index (χ1v) is 4.89. The van der Waals surface area contributed by atoms with Gasteiger partial charge >= 0.3 is 12.3 Å². The summed E-state index contributed by atoms with van der Waals surface area (Å²) in [6.45, 7) is 0. The molecule has 1 aromatic carbocycles. The lowest BCUT2D eigenvalue weighted by atomic mass is 10.1. The van der Waals surface area contributed by atoms with Crippen LogP contribution in [0.1, 0.15) is 23.5 Å². The number of hydrogen-bond donors (Lipinski definition) is 0. The normalized spacial score (nSPS) is 10.5. The van der Waals surface area contributed by atoms with Gasteiger partial charge in [-0.2, -0.15) is 0 Å². The molecule has 0 fully saturated rings. The summed E-state index contributed by atoms with van der Waals surface area (Å²) in [4.78, 5) is 37.5. The predicted octanol–water partition coefficient (Wildman–Crippen LogP) is 0.791. The third kappa shape index (κ3) is 2.98. The van der Waals surface area contributed by atoms with Gasteiger partial charge in [-0.15, -0.1) is 0 Å². The van der Waals surface area contributed by atoms with Gasteiger partial charge in [-0.05, 0) is 24.3 Å². The highest BCUT2D eigenvalue weighted by Crippen LogP contribution is 2.22. The fourth-order valence-electron chi connectivity index (χ4n) is 1.48. The second-order valence-corrected chi connectivity index (χ2v) is 3.56. The van der Waals surface area contributed by atoms with Crippen molar-refractivity contribution in [3.8, 4) is 0 Å². The highest BCUT2D eigenvalue weighted by Gasteiger charge is 2.37. The molecule has 0 amide bonds. The number of rotatable bonds is 6. The topological polar surface area (TPSA) is 173 Å². The lowest BCUT2D eigenvalue weighted by Gasteiger charge is -2.04. The summed E-state index contributed by atoms with van der Waals surface area (Å²) in [6.07, 6.45) is -4.46. The van der Waals surface area contributed by atoms with E-state index in [-0.39, 0.29) is 11.1 Å². The van der Waals surface area contributed by atoms with E-state index in [4.69, 9.17) is 0 Å². The molecule has 0 aromatic heterocycles. The summed E-state index contributed by atoms with van der Waals surface area (Å²) in [5.74, 6) is 0. The van der Waals surface area contributed by atoms with Crippen LogP contribution in [-0.4, -0.2) is 19.7 Å². The molecule has 1 rings (SSSR count). The highest BCUT2D eigenvalue weighted by molar-refractivity contribution is 5.23. The van der Waals surface area contributed by atoms with Gasteiger partial charge in [0, 0.05) is 0 Å². The molecule has 0 radical (unpaired) electrons. The van der Waals surface area contributed by atoms with Crippen molar-refractivity contribution in [2.24, 2.45) is 0 Å². The van der Waals surface area contributed by atoms with Gasteiger partial charge in [-0.3, -0.25) is 40.5 Å². The zero-order chi connectivity index (χ0) is 15.4. The lowest BCUT2D eigenvalue weighted by Crippen LogP contribution is -2.21. The molecule has 106 valence electrons. The first-order valence-electron chi connectivity index (χ1n) is 4.89. The fourth-order valence-corrected chi connectivity index (χ4v) is 1.48. The number of benzene rings is 1. The Bertz CT molecular complexity index is 491. The molecular formula is C8H6N4O8. The Kier molecular flexibility index (Phi) is 4.20. The average molecular weight is 286 g/mol. The van der Waals surface area contributed by atoms with E-state index in [1.807, 2.05) is 0 Å². The molecule has 12 heteroatoms. The molecule has 0 unspecified atom stereocenters. The minimum Gasteiger partial charge on any atom is -0.258 e. The van der Waals surface area contributed by atoms with Crippen LogP contribution in [0.4, 0.5) is 0 Å². The van der Waals surface area contributed by atoms with Gasteiger partial charge in [0.2, 0.25) is 0 Å². The van der Waals surface area contributed by atoms with Gasteiger partial charge in [0.15, 0.2) is 0 Å². The molecule has 1 aromatic rings. The highest BCUT2D eigenvalue weighted by atomic mass is 16.7. The summed E-state index contributed by atoms with van der Waals surface area (Å²) >= 11 is 0. The molecule has 0 saturated heterocycles. The minimum atomic E-state index is -2.23. The van der Waals surface area contributed by atoms with Crippen molar-refractivity contribution in [2.45, 2.75) is 12.3 Å². The fraction of sp³-hybridized carbons (Fsp3) is 0.250. The largest absolute Gasteiger partial charge is 0.476 e. The summed E-state index contributed by atoms with van der Waals surface area (Å²) in [5, 5.41) is 42.1. The molecule has 0 atom stereocenters.